The van der Waals surface area contributed by atoms with E-state index in [-0.39, 0.29) is 0 Å². The topological polar surface area (TPSA) is 32.5 Å². The van der Waals surface area contributed by atoms with Crippen molar-refractivity contribution in [3.63, 3.8) is 0 Å². The third-order valence-corrected chi connectivity index (χ3v) is 5.19. The molecule has 4 heteroatoms. The van der Waals surface area contributed by atoms with Gasteiger partial charge in [0.1, 0.15) is 0 Å². The highest BCUT2D eigenvalue weighted by atomic mass is 35.5. The summed E-state index contributed by atoms with van der Waals surface area (Å²) in [6.07, 6.45) is 6.54. The Labute approximate surface area is 133 Å². The van der Waals surface area contributed by atoms with Crippen molar-refractivity contribution in [1.29, 1.82) is 0 Å². The molecule has 1 saturated carbocycles. The van der Waals surface area contributed by atoms with E-state index in [4.69, 9.17) is 17.3 Å². The molecule has 0 radical (unpaired) electrons. The molecule has 0 spiro atoms. The quantitative estimate of drug-likeness (QED) is 0.928. The SMILES string of the molecule is NCCc1cc(Cl)ccc1N1CCN(C2CCCC2)CC1. The summed E-state index contributed by atoms with van der Waals surface area (Å²) in [6.45, 7) is 5.30. The van der Waals surface area contributed by atoms with Gasteiger partial charge in [-0.1, -0.05) is 24.4 Å². The van der Waals surface area contributed by atoms with Crippen molar-refractivity contribution in [1.82, 2.24) is 4.90 Å². The van der Waals surface area contributed by atoms with Crippen LogP contribution in [0, 0.1) is 0 Å². The number of hydrogen-bond acceptors (Lipinski definition) is 3. The molecule has 0 atom stereocenters. The Hall–Kier alpha value is -0.770. The van der Waals surface area contributed by atoms with Crippen LogP contribution in [0.1, 0.15) is 31.2 Å². The molecule has 1 aliphatic carbocycles. The number of halogens is 1. The summed E-state index contributed by atoms with van der Waals surface area (Å²) in [4.78, 5) is 5.20. The maximum absolute atomic E-state index is 6.13. The molecule has 116 valence electrons. The Balaban J connectivity index is 1.66. The first-order valence-corrected chi connectivity index (χ1v) is 8.63. The molecule has 0 unspecified atom stereocenters. The molecule has 1 heterocycles. The maximum Gasteiger partial charge on any atom is 0.0410 e. The van der Waals surface area contributed by atoms with Crippen molar-refractivity contribution in [3.05, 3.63) is 28.8 Å². The minimum Gasteiger partial charge on any atom is -0.369 e. The highest BCUT2D eigenvalue weighted by Crippen LogP contribution is 2.28. The Kier molecular flexibility index (Phi) is 5.04. The van der Waals surface area contributed by atoms with Crippen LogP contribution in [0.25, 0.3) is 0 Å². The number of piperazine rings is 1. The molecule has 0 amide bonds. The predicted octanol–water partition coefficient (Wildman–Crippen LogP) is 2.91. The smallest absolute Gasteiger partial charge is 0.0410 e. The van der Waals surface area contributed by atoms with Crippen molar-refractivity contribution < 1.29 is 0 Å². The molecule has 0 aromatic heterocycles. The second-order valence-corrected chi connectivity index (χ2v) is 6.71. The third kappa shape index (κ3) is 3.53. The fourth-order valence-corrected chi connectivity index (χ4v) is 4.01. The molecule has 2 aliphatic rings. The summed E-state index contributed by atoms with van der Waals surface area (Å²) in [7, 11) is 0. The van der Waals surface area contributed by atoms with Gasteiger partial charge >= 0.3 is 0 Å². The van der Waals surface area contributed by atoms with Crippen LogP contribution >= 0.6 is 11.6 Å². The fraction of sp³-hybridized carbons (Fsp3) is 0.647. The molecule has 1 aromatic rings. The van der Waals surface area contributed by atoms with Crippen molar-refractivity contribution in [2.75, 3.05) is 37.6 Å². The van der Waals surface area contributed by atoms with Gasteiger partial charge in [0.2, 0.25) is 0 Å². The molecule has 21 heavy (non-hydrogen) atoms. The minimum absolute atomic E-state index is 0.676. The van der Waals surface area contributed by atoms with E-state index in [1.165, 1.54) is 50.0 Å². The number of rotatable bonds is 4. The number of benzene rings is 1. The summed E-state index contributed by atoms with van der Waals surface area (Å²) in [5.74, 6) is 0. The van der Waals surface area contributed by atoms with Crippen molar-refractivity contribution in [3.8, 4) is 0 Å². The molecule has 2 fully saturated rings. The van der Waals surface area contributed by atoms with Crippen LogP contribution in [0.5, 0.6) is 0 Å². The van der Waals surface area contributed by atoms with Gasteiger partial charge < -0.3 is 10.6 Å². The molecule has 1 saturated heterocycles. The first-order valence-electron chi connectivity index (χ1n) is 8.25. The standard InChI is InChI=1S/C17H26ClN3/c18-15-5-6-17(14(13-15)7-8-19)21-11-9-20(10-12-21)16-3-1-2-4-16/h5-6,13,16H,1-4,7-12,19H2. The lowest BCUT2D eigenvalue weighted by Gasteiger charge is -2.39. The molecule has 3 rings (SSSR count). The van der Waals surface area contributed by atoms with Gasteiger partial charge in [-0.05, 0) is 49.6 Å². The van der Waals surface area contributed by atoms with Crippen LogP contribution in [0.2, 0.25) is 5.02 Å². The minimum atomic E-state index is 0.676. The summed E-state index contributed by atoms with van der Waals surface area (Å²) in [5, 5.41) is 0.812. The lowest BCUT2D eigenvalue weighted by atomic mass is 10.1. The van der Waals surface area contributed by atoms with E-state index in [0.717, 1.165) is 30.6 Å². The van der Waals surface area contributed by atoms with E-state index in [1.807, 2.05) is 6.07 Å². The first-order chi connectivity index (χ1) is 10.3. The lowest BCUT2D eigenvalue weighted by Crippen LogP contribution is -2.50. The molecule has 1 aliphatic heterocycles. The maximum atomic E-state index is 6.13. The Morgan fingerprint density at radius 2 is 1.81 bits per heavy atom. The lowest BCUT2D eigenvalue weighted by molar-refractivity contribution is 0.187. The van der Waals surface area contributed by atoms with Crippen LogP contribution in [0.3, 0.4) is 0 Å². The fourth-order valence-electron chi connectivity index (χ4n) is 3.82. The summed E-state index contributed by atoms with van der Waals surface area (Å²) in [6, 6.07) is 7.09. The molecular weight excluding hydrogens is 282 g/mol. The zero-order valence-electron chi connectivity index (χ0n) is 12.7. The van der Waals surface area contributed by atoms with Gasteiger partial charge in [-0.25, -0.2) is 0 Å². The Morgan fingerprint density at radius 1 is 1.10 bits per heavy atom. The van der Waals surface area contributed by atoms with Crippen molar-refractivity contribution in [2.24, 2.45) is 5.73 Å². The van der Waals surface area contributed by atoms with Gasteiger partial charge in [-0.3, -0.25) is 4.90 Å². The normalized spacial score (nSPS) is 21.1. The van der Waals surface area contributed by atoms with Crippen LogP contribution in [-0.4, -0.2) is 43.7 Å². The van der Waals surface area contributed by atoms with Crippen LogP contribution in [-0.2, 0) is 6.42 Å². The van der Waals surface area contributed by atoms with E-state index in [2.05, 4.69) is 21.9 Å². The molecular formula is C17H26ClN3. The monoisotopic (exact) mass is 307 g/mol. The van der Waals surface area contributed by atoms with E-state index in [0.29, 0.717) is 6.54 Å². The van der Waals surface area contributed by atoms with E-state index in [9.17, 15) is 0 Å². The summed E-state index contributed by atoms with van der Waals surface area (Å²) < 4.78 is 0. The van der Waals surface area contributed by atoms with E-state index < -0.39 is 0 Å². The number of nitrogens with zero attached hydrogens (tertiary/aromatic N) is 2. The second-order valence-electron chi connectivity index (χ2n) is 6.27. The Morgan fingerprint density at radius 3 is 2.48 bits per heavy atom. The van der Waals surface area contributed by atoms with Gasteiger partial charge in [0.25, 0.3) is 0 Å². The number of nitrogens with two attached hydrogens (primary N) is 1. The van der Waals surface area contributed by atoms with Gasteiger partial charge in [-0.15, -0.1) is 0 Å². The van der Waals surface area contributed by atoms with Crippen LogP contribution in [0.15, 0.2) is 18.2 Å². The molecule has 1 aromatic carbocycles. The van der Waals surface area contributed by atoms with Gasteiger partial charge in [-0.2, -0.15) is 0 Å². The zero-order valence-corrected chi connectivity index (χ0v) is 13.5. The largest absolute Gasteiger partial charge is 0.369 e. The third-order valence-electron chi connectivity index (χ3n) is 4.95. The van der Waals surface area contributed by atoms with E-state index >= 15 is 0 Å². The highest BCUT2D eigenvalue weighted by Gasteiger charge is 2.26. The molecule has 3 nitrogen and oxygen atoms in total. The van der Waals surface area contributed by atoms with E-state index in [1.54, 1.807) is 0 Å². The Bertz CT molecular complexity index is 463. The molecule has 2 N–H and O–H groups in total. The van der Waals surface area contributed by atoms with Crippen LogP contribution in [0.4, 0.5) is 5.69 Å². The predicted molar refractivity (Wildman–Crippen MR) is 90.3 cm³/mol. The highest BCUT2D eigenvalue weighted by molar-refractivity contribution is 6.30. The number of anilines is 1. The summed E-state index contributed by atoms with van der Waals surface area (Å²) in [5.41, 5.74) is 8.36. The second kappa shape index (κ2) is 6.99. The van der Waals surface area contributed by atoms with Gasteiger partial charge in [0, 0.05) is 42.9 Å². The zero-order chi connectivity index (χ0) is 14.7. The first kappa shape index (κ1) is 15.1. The molecule has 0 bridgehead atoms. The number of hydrogen-bond donors (Lipinski definition) is 1. The van der Waals surface area contributed by atoms with Gasteiger partial charge in [0.05, 0.1) is 0 Å². The average molecular weight is 308 g/mol. The van der Waals surface area contributed by atoms with Crippen molar-refractivity contribution in [2.45, 2.75) is 38.1 Å². The van der Waals surface area contributed by atoms with Crippen LogP contribution < -0.4 is 10.6 Å². The van der Waals surface area contributed by atoms with Gasteiger partial charge in [0.15, 0.2) is 0 Å². The van der Waals surface area contributed by atoms with Crippen molar-refractivity contribution >= 4 is 17.3 Å². The summed E-state index contributed by atoms with van der Waals surface area (Å²) >= 11 is 6.13. The average Bonchev–Trinajstić information content (AvgIpc) is 3.02.